The van der Waals surface area contributed by atoms with Gasteiger partial charge in [-0.3, -0.25) is 9.48 Å². The normalized spacial score (nSPS) is 10.7. The Morgan fingerprint density at radius 3 is 2.65 bits per heavy atom. The van der Waals surface area contributed by atoms with Crippen molar-refractivity contribution in [2.24, 2.45) is 0 Å². The molecule has 2 aromatic heterocycles. The Hall–Kier alpha value is -3.56. The van der Waals surface area contributed by atoms with E-state index in [9.17, 15) is 19.3 Å². The molecule has 0 saturated carbocycles. The Morgan fingerprint density at radius 1 is 1.15 bits per heavy atom. The van der Waals surface area contributed by atoms with Crippen molar-refractivity contribution < 1.29 is 14.1 Å². The Morgan fingerprint density at radius 2 is 1.92 bits per heavy atom. The topological polar surface area (TPSA) is 108 Å². The van der Waals surface area contributed by atoms with Crippen molar-refractivity contribution in [1.29, 1.82) is 0 Å². The van der Waals surface area contributed by atoms with Crippen LogP contribution in [0.15, 0.2) is 48.8 Å². The van der Waals surface area contributed by atoms with E-state index in [4.69, 9.17) is 0 Å². The minimum absolute atomic E-state index is 0.0823. The lowest BCUT2D eigenvalue weighted by Crippen LogP contribution is -2.15. The fourth-order valence-corrected chi connectivity index (χ4v) is 2.31. The molecule has 0 aliphatic carbocycles. The summed E-state index contributed by atoms with van der Waals surface area (Å²) in [7, 11) is 0. The van der Waals surface area contributed by atoms with E-state index < -0.39 is 4.92 Å². The van der Waals surface area contributed by atoms with Gasteiger partial charge in [-0.2, -0.15) is 9.78 Å². The van der Waals surface area contributed by atoms with Crippen LogP contribution >= 0.6 is 0 Å². The second-order valence-electron chi connectivity index (χ2n) is 5.48. The van der Waals surface area contributed by atoms with Crippen LogP contribution in [0.3, 0.4) is 0 Å². The molecule has 0 aliphatic heterocycles. The van der Waals surface area contributed by atoms with Gasteiger partial charge < -0.3 is 15.4 Å². The molecule has 134 valence electrons. The minimum atomic E-state index is -0.598. The number of rotatable bonds is 7. The maximum absolute atomic E-state index is 13.6. The van der Waals surface area contributed by atoms with Crippen molar-refractivity contribution in [3.63, 3.8) is 0 Å². The molecular formula is C16H15FN6O3. The first kappa shape index (κ1) is 17.3. The quantitative estimate of drug-likeness (QED) is 0.514. The molecule has 3 aromatic rings. The van der Waals surface area contributed by atoms with Gasteiger partial charge in [0.25, 0.3) is 0 Å². The molecule has 0 spiro atoms. The van der Waals surface area contributed by atoms with E-state index in [2.05, 4.69) is 15.5 Å². The van der Waals surface area contributed by atoms with E-state index in [1.165, 1.54) is 27.7 Å². The summed E-state index contributed by atoms with van der Waals surface area (Å²) >= 11 is 0. The molecule has 0 fully saturated rings. The third-order valence-corrected chi connectivity index (χ3v) is 3.58. The summed E-state index contributed by atoms with van der Waals surface area (Å²) in [5, 5.41) is 21.1. The Kier molecular flexibility index (Phi) is 5.02. The number of aromatic nitrogens is 4. The Balaban J connectivity index is 1.52. The first-order valence-electron chi connectivity index (χ1n) is 7.76. The van der Waals surface area contributed by atoms with E-state index in [1.807, 2.05) is 0 Å². The number of benzene rings is 1. The second-order valence-corrected chi connectivity index (χ2v) is 5.48. The number of halogens is 1. The number of carbonyl (C=O) groups is 1. The van der Waals surface area contributed by atoms with Gasteiger partial charge in [-0.05, 0) is 11.0 Å². The number of amides is 1. The lowest BCUT2D eigenvalue weighted by Gasteiger charge is -2.04. The average molecular weight is 358 g/mol. The van der Waals surface area contributed by atoms with E-state index in [0.717, 1.165) is 0 Å². The largest absolute Gasteiger partial charge is 0.389 e. The maximum Gasteiger partial charge on any atom is 0.389 e. The molecule has 0 saturated heterocycles. The van der Waals surface area contributed by atoms with Crippen molar-refractivity contribution >= 4 is 17.5 Å². The molecule has 0 atom stereocenters. The van der Waals surface area contributed by atoms with Gasteiger partial charge in [0.05, 0.1) is 30.5 Å². The zero-order valence-electron chi connectivity index (χ0n) is 13.6. The highest BCUT2D eigenvalue weighted by Crippen LogP contribution is 2.11. The van der Waals surface area contributed by atoms with Gasteiger partial charge in [-0.25, -0.2) is 4.39 Å². The van der Waals surface area contributed by atoms with Crippen molar-refractivity contribution in [2.75, 3.05) is 5.32 Å². The van der Waals surface area contributed by atoms with Crippen LogP contribution in [-0.2, 0) is 17.9 Å². The Bertz CT molecular complexity index is 935. The van der Waals surface area contributed by atoms with Crippen molar-refractivity contribution in [3.8, 4) is 0 Å². The van der Waals surface area contributed by atoms with Crippen molar-refractivity contribution in [1.82, 2.24) is 19.6 Å². The number of nitro groups is 1. The number of carbonyl (C=O) groups excluding carboxylic acids is 1. The van der Waals surface area contributed by atoms with Crippen LogP contribution in [0.1, 0.15) is 12.0 Å². The van der Waals surface area contributed by atoms with Crippen molar-refractivity contribution in [2.45, 2.75) is 19.5 Å². The molecule has 3 rings (SSSR count). The molecular weight excluding hydrogens is 343 g/mol. The van der Waals surface area contributed by atoms with Crippen LogP contribution in [0.2, 0.25) is 0 Å². The molecule has 0 bridgehead atoms. The maximum atomic E-state index is 13.6. The predicted molar refractivity (Wildman–Crippen MR) is 89.9 cm³/mol. The van der Waals surface area contributed by atoms with E-state index >= 15 is 0 Å². The molecule has 1 aromatic carbocycles. The zero-order chi connectivity index (χ0) is 18.5. The number of aryl methyl sites for hydroxylation is 1. The van der Waals surface area contributed by atoms with Crippen LogP contribution in [0.4, 0.5) is 16.0 Å². The van der Waals surface area contributed by atoms with Crippen molar-refractivity contribution in [3.05, 3.63) is 70.3 Å². The van der Waals surface area contributed by atoms with Crippen LogP contribution in [0.25, 0.3) is 0 Å². The highest BCUT2D eigenvalue weighted by atomic mass is 19.1. The van der Waals surface area contributed by atoms with Gasteiger partial charge in [-0.1, -0.05) is 18.2 Å². The molecule has 1 amide bonds. The lowest BCUT2D eigenvalue weighted by atomic mass is 10.2. The van der Waals surface area contributed by atoms with Gasteiger partial charge in [0.1, 0.15) is 5.82 Å². The van der Waals surface area contributed by atoms with Gasteiger partial charge in [-0.15, -0.1) is 0 Å². The fraction of sp³-hybridized carbons (Fsp3) is 0.188. The third-order valence-electron chi connectivity index (χ3n) is 3.58. The molecule has 9 nitrogen and oxygen atoms in total. The average Bonchev–Trinajstić information content (AvgIpc) is 3.25. The molecule has 0 radical (unpaired) electrons. The number of nitrogens with zero attached hydrogens (tertiary/aromatic N) is 5. The summed E-state index contributed by atoms with van der Waals surface area (Å²) in [6.45, 7) is 0.453. The van der Waals surface area contributed by atoms with Crippen LogP contribution < -0.4 is 5.32 Å². The molecule has 26 heavy (non-hydrogen) atoms. The first-order valence-corrected chi connectivity index (χ1v) is 7.76. The van der Waals surface area contributed by atoms with Gasteiger partial charge in [0.15, 0.2) is 5.82 Å². The second kappa shape index (κ2) is 7.55. The Labute approximate surface area is 147 Å². The minimum Gasteiger partial charge on any atom is -0.358 e. The molecule has 0 aliphatic rings. The summed E-state index contributed by atoms with van der Waals surface area (Å²) in [6, 6.07) is 9.27. The predicted octanol–water partition coefficient (Wildman–Crippen LogP) is 2.20. The lowest BCUT2D eigenvalue weighted by molar-refractivity contribution is -0.389. The summed E-state index contributed by atoms with van der Waals surface area (Å²) in [4.78, 5) is 21.9. The van der Waals surface area contributed by atoms with Gasteiger partial charge in [0.2, 0.25) is 5.91 Å². The summed E-state index contributed by atoms with van der Waals surface area (Å²) < 4.78 is 16.5. The van der Waals surface area contributed by atoms with Crippen LogP contribution in [0, 0.1) is 15.9 Å². The van der Waals surface area contributed by atoms with Gasteiger partial charge in [0, 0.05) is 24.2 Å². The molecule has 2 heterocycles. The number of nitrogens with one attached hydrogen (secondary N) is 1. The number of hydrogen-bond acceptors (Lipinski definition) is 5. The van der Waals surface area contributed by atoms with Crippen LogP contribution in [0.5, 0.6) is 0 Å². The smallest absolute Gasteiger partial charge is 0.358 e. The fourth-order valence-electron chi connectivity index (χ4n) is 2.31. The number of hydrogen-bond donors (Lipinski definition) is 1. The SMILES string of the molecule is O=C(CCn1ccc([N+](=O)[O-])n1)Nc1ccn(Cc2ccccc2F)n1. The van der Waals surface area contributed by atoms with E-state index in [0.29, 0.717) is 11.4 Å². The third kappa shape index (κ3) is 4.29. The molecule has 0 unspecified atom stereocenters. The summed E-state index contributed by atoms with van der Waals surface area (Å²) in [5.41, 5.74) is 0.494. The highest BCUT2D eigenvalue weighted by Gasteiger charge is 2.12. The first-order chi connectivity index (χ1) is 12.5. The van der Waals surface area contributed by atoms with Crippen LogP contribution in [-0.4, -0.2) is 30.4 Å². The highest BCUT2D eigenvalue weighted by molar-refractivity contribution is 5.89. The monoisotopic (exact) mass is 358 g/mol. The molecule has 10 heteroatoms. The standard InChI is InChI=1S/C16H15FN6O3/c17-13-4-2-1-3-12(13)11-22-8-5-14(19-22)18-16(24)7-10-21-9-6-15(20-21)23(25)26/h1-6,8-9H,7,10-11H2,(H,18,19,24). The van der Waals surface area contributed by atoms with Gasteiger partial charge >= 0.3 is 5.82 Å². The van der Waals surface area contributed by atoms with E-state index in [-0.39, 0.29) is 37.1 Å². The molecule has 1 N–H and O–H groups in total. The number of anilines is 1. The summed E-state index contributed by atoms with van der Waals surface area (Å²) in [6.07, 6.45) is 3.16. The zero-order valence-corrected chi connectivity index (χ0v) is 13.6. The van der Waals surface area contributed by atoms with E-state index in [1.54, 1.807) is 30.5 Å². The summed E-state index contributed by atoms with van der Waals surface area (Å²) in [5.74, 6) is -0.545.